The van der Waals surface area contributed by atoms with Crippen LogP contribution in [0.2, 0.25) is 5.02 Å². The molecule has 1 aliphatic heterocycles. The fourth-order valence-corrected chi connectivity index (χ4v) is 2.83. The first kappa shape index (κ1) is 12.6. The van der Waals surface area contributed by atoms with E-state index in [-0.39, 0.29) is 5.54 Å². The summed E-state index contributed by atoms with van der Waals surface area (Å²) in [5.41, 5.74) is 0.947. The van der Waals surface area contributed by atoms with E-state index in [4.69, 9.17) is 16.3 Å². The summed E-state index contributed by atoms with van der Waals surface area (Å²) in [6.07, 6.45) is 0. The van der Waals surface area contributed by atoms with Gasteiger partial charge in [-0.25, -0.2) is 0 Å². The van der Waals surface area contributed by atoms with E-state index in [1.807, 2.05) is 18.2 Å². The van der Waals surface area contributed by atoms with Gasteiger partial charge in [0.25, 0.3) is 0 Å². The van der Waals surface area contributed by atoms with Gasteiger partial charge in [-0.3, -0.25) is 4.99 Å². The van der Waals surface area contributed by atoms with Crippen molar-refractivity contribution in [1.82, 2.24) is 0 Å². The maximum Gasteiger partial charge on any atom is 0.161 e. The molecule has 0 spiro atoms. The van der Waals surface area contributed by atoms with Crippen molar-refractivity contribution in [2.45, 2.75) is 19.4 Å². The van der Waals surface area contributed by atoms with Crippen LogP contribution in [0.5, 0.6) is 5.75 Å². The number of benzene rings is 1. The first-order valence-electron chi connectivity index (χ1n) is 5.33. The number of halogens is 1. The Morgan fingerprint density at radius 3 is 2.76 bits per heavy atom. The number of thioether (sulfide) groups is 1. The Labute approximate surface area is 111 Å². The van der Waals surface area contributed by atoms with Gasteiger partial charge in [-0.05, 0) is 32.0 Å². The summed E-state index contributed by atoms with van der Waals surface area (Å²) in [5.74, 6) is 1.68. The van der Waals surface area contributed by atoms with Gasteiger partial charge < -0.3 is 10.1 Å². The number of amidine groups is 1. The number of hydrogen-bond donors (Lipinski definition) is 1. The molecule has 0 aliphatic carbocycles. The van der Waals surface area contributed by atoms with Gasteiger partial charge in [0.1, 0.15) is 5.75 Å². The van der Waals surface area contributed by atoms with Crippen LogP contribution < -0.4 is 10.1 Å². The number of ether oxygens (including phenoxy) is 1. The standard InChI is InChI=1S/C12H15ClN2OS/c1-12(2)7-17-11(15-12)14-8-4-5-10(16-3)9(13)6-8/h4-6H,7H2,1-3H3,(H,14,15). The van der Waals surface area contributed by atoms with Gasteiger partial charge in [0, 0.05) is 11.4 Å². The molecule has 2 rings (SSSR count). The van der Waals surface area contributed by atoms with E-state index in [1.165, 1.54) is 0 Å². The highest BCUT2D eigenvalue weighted by Gasteiger charge is 2.25. The second-order valence-corrected chi connectivity index (χ2v) is 5.86. The van der Waals surface area contributed by atoms with Crippen molar-refractivity contribution in [1.29, 1.82) is 0 Å². The summed E-state index contributed by atoms with van der Waals surface area (Å²) < 4.78 is 5.11. The molecule has 0 saturated carbocycles. The molecule has 3 nitrogen and oxygen atoms in total. The first-order chi connectivity index (χ1) is 8.00. The Balaban J connectivity index is 2.12. The van der Waals surface area contributed by atoms with Gasteiger partial charge in [-0.1, -0.05) is 23.4 Å². The fraction of sp³-hybridized carbons (Fsp3) is 0.417. The molecule has 0 saturated heterocycles. The van der Waals surface area contributed by atoms with E-state index in [1.54, 1.807) is 18.9 Å². The third-order valence-corrected chi connectivity index (χ3v) is 3.98. The minimum atomic E-state index is 0.0171. The van der Waals surface area contributed by atoms with Crippen molar-refractivity contribution < 1.29 is 4.74 Å². The van der Waals surface area contributed by atoms with Crippen molar-refractivity contribution in [2.24, 2.45) is 4.99 Å². The highest BCUT2D eigenvalue weighted by Crippen LogP contribution is 2.30. The number of anilines is 1. The zero-order chi connectivity index (χ0) is 12.5. The average molecular weight is 271 g/mol. The van der Waals surface area contributed by atoms with Crippen molar-refractivity contribution in [3.63, 3.8) is 0 Å². The quantitative estimate of drug-likeness (QED) is 0.891. The van der Waals surface area contributed by atoms with E-state index in [9.17, 15) is 0 Å². The van der Waals surface area contributed by atoms with Crippen LogP contribution in [0.1, 0.15) is 13.8 Å². The molecular weight excluding hydrogens is 256 g/mol. The van der Waals surface area contributed by atoms with E-state index >= 15 is 0 Å². The molecule has 5 heteroatoms. The van der Waals surface area contributed by atoms with E-state index in [0.717, 1.165) is 16.6 Å². The van der Waals surface area contributed by atoms with Crippen LogP contribution in [0, 0.1) is 0 Å². The summed E-state index contributed by atoms with van der Waals surface area (Å²) in [7, 11) is 1.60. The number of hydrogen-bond acceptors (Lipinski definition) is 4. The molecule has 17 heavy (non-hydrogen) atoms. The van der Waals surface area contributed by atoms with Crippen molar-refractivity contribution in [3.8, 4) is 5.75 Å². The largest absolute Gasteiger partial charge is 0.495 e. The highest BCUT2D eigenvalue weighted by molar-refractivity contribution is 8.14. The number of aliphatic imine (C=N–C) groups is 1. The molecule has 92 valence electrons. The topological polar surface area (TPSA) is 33.6 Å². The second-order valence-electron chi connectivity index (χ2n) is 4.49. The predicted octanol–water partition coefficient (Wildman–Crippen LogP) is 3.64. The maximum atomic E-state index is 6.06. The highest BCUT2D eigenvalue weighted by atomic mass is 35.5. The SMILES string of the molecule is COc1ccc(NC2=NC(C)(C)CS2)cc1Cl. The zero-order valence-electron chi connectivity index (χ0n) is 10.1. The molecule has 1 heterocycles. The van der Waals surface area contributed by atoms with E-state index in [2.05, 4.69) is 24.2 Å². The monoisotopic (exact) mass is 270 g/mol. The van der Waals surface area contributed by atoms with Crippen LogP contribution in [0.4, 0.5) is 5.69 Å². The average Bonchev–Trinajstić information content (AvgIpc) is 2.58. The minimum absolute atomic E-state index is 0.0171. The number of methoxy groups -OCH3 is 1. The lowest BCUT2D eigenvalue weighted by Crippen LogP contribution is -2.15. The lowest BCUT2D eigenvalue weighted by molar-refractivity contribution is 0.415. The van der Waals surface area contributed by atoms with Gasteiger partial charge in [0.15, 0.2) is 5.17 Å². The molecule has 0 fully saturated rings. The molecule has 1 aliphatic rings. The van der Waals surface area contributed by atoms with Crippen LogP contribution in [0.15, 0.2) is 23.2 Å². The second kappa shape index (κ2) is 4.78. The molecule has 0 amide bonds. The van der Waals surface area contributed by atoms with Crippen LogP contribution in [-0.4, -0.2) is 23.6 Å². The molecule has 0 atom stereocenters. The summed E-state index contributed by atoms with van der Waals surface area (Å²) in [5, 5.41) is 4.80. The summed E-state index contributed by atoms with van der Waals surface area (Å²) in [4.78, 5) is 4.58. The number of nitrogens with zero attached hydrogens (tertiary/aromatic N) is 1. The van der Waals surface area contributed by atoms with Gasteiger partial charge in [-0.2, -0.15) is 0 Å². The summed E-state index contributed by atoms with van der Waals surface area (Å²) >= 11 is 7.78. The van der Waals surface area contributed by atoms with E-state index in [0.29, 0.717) is 10.8 Å². The fourth-order valence-electron chi connectivity index (χ4n) is 1.52. The molecular formula is C12H15ClN2OS. The lowest BCUT2D eigenvalue weighted by atomic mass is 10.1. The smallest absolute Gasteiger partial charge is 0.161 e. The maximum absolute atomic E-state index is 6.06. The van der Waals surface area contributed by atoms with Crippen LogP contribution in [0.3, 0.4) is 0 Å². The van der Waals surface area contributed by atoms with E-state index < -0.39 is 0 Å². The molecule has 0 unspecified atom stereocenters. The third-order valence-electron chi connectivity index (χ3n) is 2.37. The van der Waals surface area contributed by atoms with Crippen molar-refractivity contribution in [2.75, 3.05) is 18.2 Å². The normalized spacial score (nSPS) is 17.8. The molecule has 1 aromatic rings. The molecule has 0 aromatic heterocycles. The van der Waals surface area contributed by atoms with Gasteiger partial charge in [0.05, 0.1) is 17.7 Å². The van der Waals surface area contributed by atoms with Gasteiger partial charge in [0.2, 0.25) is 0 Å². The minimum Gasteiger partial charge on any atom is -0.495 e. The predicted molar refractivity (Wildman–Crippen MR) is 75.6 cm³/mol. The lowest BCUT2D eigenvalue weighted by Gasteiger charge is -2.09. The molecule has 1 N–H and O–H groups in total. The Morgan fingerprint density at radius 2 is 2.24 bits per heavy atom. The third kappa shape index (κ3) is 3.07. The van der Waals surface area contributed by atoms with Crippen LogP contribution >= 0.6 is 23.4 Å². The molecule has 0 radical (unpaired) electrons. The summed E-state index contributed by atoms with van der Waals surface area (Å²) in [6, 6.07) is 5.61. The Kier molecular flexibility index (Phi) is 3.54. The van der Waals surface area contributed by atoms with Gasteiger partial charge in [-0.15, -0.1) is 0 Å². The summed E-state index contributed by atoms with van der Waals surface area (Å²) in [6.45, 7) is 4.24. The number of rotatable bonds is 2. The Bertz CT molecular complexity index is 460. The van der Waals surface area contributed by atoms with Gasteiger partial charge >= 0.3 is 0 Å². The first-order valence-corrected chi connectivity index (χ1v) is 6.70. The number of nitrogens with one attached hydrogen (secondary N) is 1. The van der Waals surface area contributed by atoms with Crippen molar-refractivity contribution in [3.05, 3.63) is 23.2 Å². The molecule has 1 aromatic carbocycles. The molecule has 0 bridgehead atoms. The Hall–Kier alpha value is -0.870. The van der Waals surface area contributed by atoms with Crippen molar-refractivity contribution >= 4 is 34.2 Å². The zero-order valence-corrected chi connectivity index (χ0v) is 11.7. The Morgan fingerprint density at radius 1 is 1.47 bits per heavy atom. The van der Waals surface area contributed by atoms with Crippen LogP contribution in [-0.2, 0) is 0 Å². The van der Waals surface area contributed by atoms with Crippen LogP contribution in [0.25, 0.3) is 0 Å².